The van der Waals surface area contributed by atoms with Crippen molar-refractivity contribution in [3.8, 4) is 0 Å². The second kappa shape index (κ2) is 4.93. The van der Waals surface area contributed by atoms with E-state index in [1.54, 1.807) is 19.9 Å². The zero-order valence-corrected chi connectivity index (χ0v) is 8.11. The Morgan fingerprint density at radius 3 is 2.25 bits per heavy atom. The lowest BCUT2D eigenvalue weighted by Gasteiger charge is -2.26. The fourth-order valence-corrected chi connectivity index (χ4v) is 0.901. The molecule has 0 aromatic rings. The number of hydroxylamine groups is 2. The van der Waals surface area contributed by atoms with E-state index >= 15 is 0 Å². The van der Waals surface area contributed by atoms with Crippen molar-refractivity contribution in [2.45, 2.75) is 33.7 Å². The molecule has 1 amide bonds. The minimum absolute atomic E-state index is 0.177. The minimum atomic E-state index is -0.227. The zero-order chi connectivity index (χ0) is 9.72. The van der Waals surface area contributed by atoms with Crippen molar-refractivity contribution in [3.05, 3.63) is 12.2 Å². The Morgan fingerprint density at radius 2 is 1.83 bits per heavy atom. The SMILES string of the molecule is CC.CC1C=CC(C)N(O)C1=O. The summed E-state index contributed by atoms with van der Waals surface area (Å²) in [6.07, 6.45) is 3.62. The average Bonchev–Trinajstić information content (AvgIpc) is 2.12. The Balaban J connectivity index is 0.000000561. The third kappa shape index (κ3) is 2.34. The van der Waals surface area contributed by atoms with Gasteiger partial charge in [-0.1, -0.05) is 32.9 Å². The summed E-state index contributed by atoms with van der Waals surface area (Å²) in [7, 11) is 0. The molecule has 3 heteroatoms. The van der Waals surface area contributed by atoms with Gasteiger partial charge in [0, 0.05) is 0 Å². The standard InChI is InChI=1S/C7H11NO2.C2H6/c1-5-3-4-6(2)8(10)7(5)9;1-2/h3-6,10H,1-2H3;1-2H3. The van der Waals surface area contributed by atoms with E-state index in [1.165, 1.54) is 0 Å². The van der Waals surface area contributed by atoms with Gasteiger partial charge in [-0.15, -0.1) is 0 Å². The van der Waals surface area contributed by atoms with Crippen molar-refractivity contribution in [3.63, 3.8) is 0 Å². The molecule has 0 aromatic heterocycles. The second-order valence-electron chi connectivity index (χ2n) is 2.60. The number of hydrogen-bond acceptors (Lipinski definition) is 2. The zero-order valence-electron chi connectivity index (χ0n) is 8.11. The van der Waals surface area contributed by atoms with Crippen LogP contribution in [-0.2, 0) is 4.79 Å². The molecule has 0 aliphatic carbocycles. The van der Waals surface area contributed by atoms with Gasteiger partial charge >= 0.3 is 0 Å². The van der Waals surface area contributed by atoms with Crippen LogP contribution in [0.4, 0.5) is 0 Å². The van der Waals surface area contributed by atoms with Crippen molar-refractivity contribution in [2.75, 3.05) is 0 Å². The van der Waals surface area contributed by atoms with Crippen LogP contribution in [0.5, 0.6) is 0 Å². The first-order valence-electron chi connectivity index (χ1n) is 4.33. The van der Waals surface area contributed by atoms with Gasteiger partial charge in [-0.05, 0) is 6.92 Å². The number of carbonyl (C=O) groups excluding carboxylic acids is 1. The monoisotopic (exact) mass is 171 g/mol. The third-order valence-corrected chi connectivity index (χ3v) is 1.68. The number of amides is 1. The highest BCUT2D eigenvalue weighted by atomic mass is 16.5. The van der Waals surface area contributed by atoms with Gasteiger partial charge in [-0.3, -0.25) is 10.0 Å². The van der Waals surface area contributed by atoms with Crippen molar-refractivity contribution >= 4 is 5.91 Å². The molecule has 1 N–H and O–H groups in total. The fourth-order valence-electron chi connectivity index (χ4n) is 0.901. The maximum absolute atomic E-state index is 11.0. The van der Waals surface area contributed by atoms with Gasteiger partial charge in [-0.25, -0.2) is 5.06 Å². The quantitative estimate of drug-likeness (QED) is 0.446. The van der Waals surface area contributed by atoms with Crippen LogP contribution in [0.1, 0.15) is 27.7 Å². The molecule has 3 nitrogen and oxygen atoms in total. The lowest BCUT2D eigenvalue weighted by molar-refractivity contribution is -0.174. The van der Waals surface area contributed by atoms with Gasteiger partial charge in [0.15, 0.2) is 0 Å². The van der Waals surface area contributed by atoms with E-state index in [0.717, 1.165) is 5.06 Å². The normalized spacial score (nSPS) is 28.1. The topological polar surface area (TPSA) is 40.5 Å². The van der Waals surface area contributed by atoms with E-state index in [-0.39, 0.29) is 17.9 Å². The van der Waals surface area contributed by atoms with Crippen molar-refractivity contribution in [1.29, 1.82) is 0 Å². The molecule has 1 rings (SSSR count). The average molecular weight is 171 g/mol. The van der Waals surface area contributed by atoms with Crippen LogP contribution < -0.4 is 0 Å². The van der Waals surface area contributed by atoms with E-state index in [1.807, 2.05) is 19.9 Å². The van der Waals surface area contributed by atoms with Gasteiger partial charge in [0.25, 0.3) is 5.91 Å². The number of carbonyl (C=O) groups is 1. The van der Waals surface area contributed by atoms with Crippen LogP contribution >= 0.6 is 0 Å². The van der Waals surface area contributed by atoms with Gasteiger partial charge in [0.2, 0.25) is 0 Å². The molecule has 12 heavy (non-hydrogen) atoms. The summed E-state index contributed by atoms with van der Waals surface area (Å²) in [5, 5.41) is 9.82. The van der Waals surface area contributed by atoms with Crippen LogP contribution in [0.3, 0.4) is 0 Å². The molecule has 0 saturated carbocycles. The molecular weight excluding hydrogens is 154 g/mol. The molecule has 0 saturated heterocycles. The van der Waals surface area contributed by atoms with Crippen LogP contribution in [0.15, 0.2) is 12.2 Å². The van der Waals surface area contributed by atoms with Gasteiger partial charge in [0.1, 0.15) is 0 Å². The number of rotatable bonds is 0. The van der Waals surface area contributed by atoms with E-state index in [2.05, 4.69) is 0 Å². The first kappa shape index (κ1) is 11.2. The first-order chi connectivity index (χ1) is 5.63. The van der Waals surface area contributed by atoms with Gasteiger partial charge in [-0.2, -0.15) is 0 Å². The smallest absolute Gasteiger partial charge is 0.253 e. The number of hydrogen-bond donors (Lipinski definition) is 1. The molecule has 2 atom stereocenters. The molecule has 0 radical (unpaired) electrons. The summed E-state index contributed by atoms with van der Waals surface area (Å²) in [4.78, 5) is 11.0. The summed E-state index contributed by atoms with van der Waals surface area (Å²) in [5.41, 5.74) is 0. The number of nitrogens with zero attached hydrogens (tertiary/aromatic N) is 1. The molecule has 0 fully saturated rings. The summed E-state index contributed by atoms with van der Waals surface area (Å²) < 4.78 is 0. The Kier molecular flexibility index (Phi) is 4.59. The Labute approximate surface area is 73.6 Å². The highest BCUT2D eigenvalue weighted by molar-refractivity contribution is 5.80. The van der Waals surface area contributed by atoms with Crippen molar-refractivity contribution in [1.82, 2.24) is 5.06 Å². The highest BCUT2D eigenvalue weighted by Gasteiger charge is 2.24. The molecule has 0 aromatic carbocycles. The molecular formula is C9H17NO2. The van der Waals surface area contributed by atoms with Crippen LogP contribution in [0.2, 0.25) is 0 Å². The predicted molar refractivity (Wildman–Crippen MR) is 47.7 cm³/mol. The molecule has 0 spiro atoms. The molecule has 1 heterocycles. The van der Waals surface area contributed by atoms with E-state index in [0.29, 0.717) is 0 Å². The van der Waals surface area contributed by atoms with Crippen LogP contribution in [-0.4, -0.2) is 22.2 Å². The van der Waals surface area contributed by atoms with Gasteiger partial charge in [0.05, 0.1) is 12.0 Å². The van der Waals surface area contributed by atoms with E-state index in [4.69, 9.17) is 5.21 Å². The van der Waals surface area contributed by atoms with Crippen molar-refractivity contribution < 1.29 is 10.0 Å². The predicted octanol–water partition coefficient (Wildman–Crippen LogP) is 1.82. The van der Waals surface area contributed by atoms with E-state index in [9.17, 15) is 4.79 Å². The summed E-state index contributed by atoms with van der Waals surface area (Å²) in [6.45, 7) is 7.52. The molecule has 0 bridgehead atoms. The highest BCUT2D eigenvalue weighted by Crippen LogP contribution is 2.12. The molecule has 1 aliphatic rings. The Morgan fingerprint density at radius 1 is 1.33 bits per heavy atom. The van der Waals surface area contributed by atoms with Crippen molar-refractivity contribution in [2.24, 2.45) is 5.92 Å². The maximum Gasteiger partial charge on any atom is 0.253 e. The van der Waals surface area contributed by atoms with E-state index < -0.39 is 0 Å². The molecule has 2 unspecified atom stereocenters. The molecule has 70 valence electrons. The second-order valence-corrected chi connectivity index (χ2v) is 2.60. The summed E-state index contributed by atoms with van der Waals surface area (Å²) in [5.74, 6) is -0.406. The molecule has 1 aliphatic heterocycles. The van der Waals surface area contributed by atoms with Crippen LogP contribution in [0, 0.1) is 5.92 Å². The Bertz CT molecular complexity index is 177. The summed E-state index contributed by atoms with van der Waals surface area (Å²) in [6, 6.07) is -0.177. The largest absolute Gasteiger partial charge is 0.285 e. The Hall–Kier alpha value is -0.830. The maximum atomic E-state index is 11.0. The lowest BCUT2D eigenvalue weighted by Crippen LogP contribution is -2.40. The summed E-state index contributed by atoms with van der Waals surface area (Å²) >= 11 is 0. The third-order valence-electron chi connectivity index (χ3n) is 1.68. The first-order valence-corrected chi connectivity index (χ1v) is 4.33. The lowest BCUT2D eigenvalue weighted by atomic mass is 10.0. The van der Waals surface area contributed by atoms with Crippen LogP contribution in [0.25, 0.3) is 0 Å². The minimum Gasteiger partial charge on any atom is -0.285 e. The van der Waals surface area contributed by atoms with Gasteiger partial charge < -0.3 is 0 Å². The fraction of sp³-hybridized carbons (Fsp3) is 0.667.